The lowest BCUT2D eigenvalue weighted by Crippen LogP contribution is -2.63. The van der Waals surface area contributed by atoms with E-state index in [1.165, 1.54) is 24.2 Å². The second kappa shape index (κ2) is 7.74. The van der Waals surface area contributed by atoms with Gasteiger partial charge in [-0.2, -0.15) is 0 Å². The van der Waals surface area contributed by atoms with Crippen LogP contribution >= 0.6 is 0 Å². The molecular weight excluding hydrogens is 232 g/mol. The maximum Gasteiger partial charge on any atom is 0.408 e. The lowest BCUT2D eigenvalue weighted by atomic mass is 10.1. The van der Waals surface area contributed by atoms with E-state index in [4.69, 9.17) is 5.11 Å². The Morgan fingerprint density at radius 3 is 2.67 bits per heavy atom. The van der Waals surface area contributed by atoms with E-state index >= 15 is 0 Å². The van der Waals surface area contributed by atoms with Crippen LogP contribution in [0.15, 0.2) is 12.2 Å². The number of β-lactam (4-membered cyclic amide) rings is 1. The molecule has 1 aliphatic heterocycles. The van der Waals surface area contributed by atoms with E-state index in [0.717, 1.165) is 6.42 Å². The van der Waals surface area contributed by atoms with Crippen LogP contribution in [0.4, 0.5) is 4.79 Å². The highest BCUT2D eigenvalue weighted by Crippen LogP contribution is 2.08. The van der Waals surface area contributed by atoms with Gasteiger partial charge in [-0.3, -0.25) is 9.69 Å². The molecule has 2 amide bonds. The van der Waals surface area contributed by atoms with E-state index in [1.54, 1.807) is 0 Å². The maximum atomic E-state index is 11.1. The van der Waals surface area contributed by atoms with Crippen LogP contribution in [-0.4, -0.2) is 41.1 Å². The zero-order chi connectivity index (χ0) is 13.4. The molecule has 102 valence electrons. The van der Waals surface area contributed by atoms with Crippen molar-refractivity contribution in [2.24, 2.45) is 0 Å². The Hall–Kier alpha value is -1.52. The topological polar surface area (TPSA) is 69.6 Å². The number of carbonyl (C=O) groups excluding carboxylic acids is 1. The number of hydrogen-bond donors (Lipinski definition) is 2. The van der Waals surface area contributed by atoms with E-state index in [9.17, 15) is 9.59 Å². The lowest BCUT2D eigenvalue weighted by Gasteiger charge is -2.34. The van der Waals surface area contributed by atoms with E-state index in [0.29, 0.717) is 19.5 Å². The zero-order valence-corrected chi connectivity index (χ0v) is 10.9. The molecule has 0 aromatic heterocycles. The quantitative estimate of drug-likeness (QED) is 0.395. The van der Waals surface area contributed by atoms with Crippen molar-refractivity contribution in [3.05, 3.63) is 12.2 Å². The van der Waals surface area contributed by atoms with Gasteiger partial charge in [-0.15, -0.1) is 0 Å². The Morgan fingerprint density at radius 2 is 2.17 bits per heavy atom. The standard InChI is InChI=1S/C13H22N2O3/c1-2-3-4-5-6-7-8-9-15(13(17)18)11-10-14-12(11)16/h6-7,11H,2-5,8-10H2,1H3,(H,14,16)(H,17,18)/t11-/m0/s1. The van der Waals surface area contributed by atoms with Gasteiger partial charge < -0.3 is 10.4 Å². The van der Waals surface area contributed by atoms with Crippen LogP contribution in [0.3, 0.4) is 0 Å². The Labute approximate surface area is 108 Å². The van der Waals surface area contributed by atoms with Crippen molar-refractivity contribution in [2.45, 2.75) is 45.1 Å². The van der Waals surface area contributed by atoms with Crippen molar-refractivity contribution >= 4 is 12.0 Å². The molecule has 0 aliphatic carbocycles. The molecule has 1 heterocycles. The molecule has 1 fully saturated rings. The van der Waals surface area contributed by atoms with Crippen LogP contribution in [-0.2, 0) is 4.79 Å². The highest BCUT2D eigenvalue weighted by atomic mass is 16.4. The minimum Gasteiger partial charge on any atom is -0.465 e. The van der Waals surface area contributed by atoms with Crippen LogP contribution in [0.5, 0.6) is 0 Å². The first-order valence-corrected chi connectivity index (χ1v) is 6.59. The second-order valence-corrected chi connectivity index (χ2v) is 4.49. The van der Waals surface area contributed by atoms with Crippen LogP contribution in [0.1, 0.15) is 39.0 Å². The number of carboxylic acid groups (broad SMARTS) is 1. The average molecular weight is 254 g/mol. The van der Waals surface area contributed by atoms with Gasteiger partial charge in [0.25, 0.3) is 0 Å². The van der Waals surface area contributed by atoms with Crippen molar-refractivity contribution in [2.75, 3.05) is 13.1 Å². The fourth-order valence-electron chi connectivity index (χ4n) is 1.87. The van der Waals surface area contributed by atoms with E-state index in [1.807, 2.05) is 6.08 Å². The zero-order valence-electron chi connectivity index (χ0n) is 10.9. The minimum atomic E-state index is -1.02. The van der Waals surface area contributed by atoms with Crippen LogP contribution in [0.2, 0.25) is 0 Å². The van der Waals surface area contributed by atoms with Crippen molar-refractivity contribution in [3.8, 4) is 0 Å². The molecule has 5 heteroatoms. The second-order valence-electron chi connectivity index (χ2n) is 4.49. The van der Waals surface area contributed by atoms with Gasteiger partial charge in [-0.05, 0) is 19.3 Å². The van der Waals surface area contributed by atoms with Crippen molar-refractivity contribution < 1.29 is 14.7 Å². The first kappa shape index (κ1) is 14.5. The minimum absolute atomic E-state index is 0.190. The number of amides is 2. The molecule has 0 radical (unpaired) electrons. The molecule has 1 rings (SSSR count). The van der Waals surface area contributed by atoms with Gasteiger partial charge >= 0.3 is 6.09 Å². The van der Waals surface area contributed by atoms with Gasteiger partial charge in [-0.25, -0.2) is 4.79 Å². The van der Waals surface area contributed by atoms with Gasteiger partial charge in [0.05, 0.1) is 0 Å². The van der Waals surface area contributed by atoms with Gasteiger partial charge in [-0.1, -0.05) is 31.9 Å². The first-order chi connectivity index (χ1) is 8.66. The van der Waals surface area contributed by atoms with Gasteiger partial charge in [0.15, 0.2) is 0 Å². The monoisotopic (exact) mass is 254 g/mol. The lowest BCUT2D eigenvalue weighted by molar-refractivity contribution is -0.132. The van der Waals surface area contributed by atoms with Crippen LogP contribution in [0, 0.1) is 0 Å². The SMILES string of the molecule is CCCCCC=CCCN(C(=O)O)[C@H]1CNC1=O. The molecule has 5 nitrogen and oxygen atoms in total. The summed E-state index contributed by atoms with van der Waals surface area (Å²) in [4.78, 5) is 23.4. The van der Waals surface area contributed by atoms with Crippen LogP contribution < -0.4 is 5.32 Å². The average Bonchev–Trinajstić information content (AvgIpc) is 2.34. The number of nitrogens with one attached hydrogen (secondary N) is 1. The first-order valence-electron chi connectivity index (χ1n) is 6.59. The number of carbonyl (C=O) groups is 2. The molecule has 0 unspecified atom stereocenters. The van der Waals surface area contributed by atoms with Crippen molar-refractivity contribution in [1.29, 1.82) is 0 Å². The molecule has 0 aromatic rings. The predicted octanol–water partition coefficient (Wildman–Crippen LogP) is 1.99. The number of rotatable bonds is 8. The summed E-state index contributed by atoms with van der Waals surface area (Å²) in [6, 6.07) is -0.490. The summed E-state index contributed by atoms with van der Waals surface area (Å²) in [5.74, 6) is -0.190. The molecule has 2 N–H and O–H groups in total. The molecule has 0 bridgehead atoms. The van der Waals surface area contributed by atoms with Crippen LogP contribution in [0.25, 0.3) is 0 Å². The molecule has 18 heavy (non-hydrogen) atoms. The Balaban J connectivity index is 2.22. The van der Waals surface area contributed by atoms with E-state index < -0.39 is 12.1 Å². The van der Waals surface area contributed by atoms with Gasteiger partial charge in [0.1, 0.15) is 6.04 Å². The molecule has 1 atom stereocenters. The third-order valence-electron chi connectivity index (χ3n) is 3.07. The highest BCUT2D eigenvalue weighted by Gasteiger charge is 2.35. The molecule has 0 aromatic carbocycles. The molecule has 1 saturated heterocycles. The number of allylic oxidation sites excluding steroid dienone is 1. The predicted molar refractivity (Wildman–Crippen MR) is 69.4 cm³/mol. The summed E-state index contributed by atoms with van der Waals surface area (Å²) < 4.78 is 0. The van der Waals surface area contributed by atoms with Gasteiger partial charge in [0.2, 0.25) is 5.91 Å². The summed E-state index contributed by atoms with van der Waals surface area (Å²) in [6.07, 6.45) is 8.41. The largest absolute Gasteiger partial charge is 0.465 e. The molecule has 1 aliphatic rings. The maximum absolute atomic E-state index is 11.1. The van der Waals surface area contributed by atoms with Crippen molar-refractivity contribution in [1.82, 2.24) is 10.2 Å². The summed E-state index contributed by atoms with van der Waals surface area (Å²) >= 11 is 0. The summed E-state index contributed by atoms with van der Waals surface area (Å²) in [6.45, 7) is 2.99. The van der Waals surface area contributed by atoms with E-state index in [-0.39, 0.29) is 5.91 Å². The Bertz CT molecular complexity index is 315. The highest BCUT2D eigenvalue weighted by molar-refractivity contribution is 5.90. The fourth-order valence-corrected chi connectivity index (χ4v) is 1.87. The van der Waals surface area contributed by atoms with Gasteiger partial charge in [0, 0.05) is 13.1 Å². The fraction of sp³-hybridized carbons (Fsp3) is 0.692. The number of unbranched alkanes of at least 4 members (excludes halogenated alkanes) is 3. The molecule has 0 spiro atoms. The third-order valence-corrected chi connectivity index (χ3v) is 3.07. The smallest absolute Gasteiger partial charge is 0.408 e. The van der Waals surface area contributed by atoms with E-state index in [2.05, 4.69) is 18.3 Å². The van der Waals surface area contributed by atoms with Crippen molar-refractivity contribution in [3.63, 3.8) is 0 Å². The normalized spacial score (nSPS) is 18.5. The number of hydrogen-bond acceptors (Lipinski definition) is 2. The Kier molecular flexibility index (Phi) is 6.25. The molecular formula is C13H22N2O3. The third kappa shape index (κ3) is 4.39. The summed E-state index contributed by atoms with van der Waals surface area (Å²) in [7, 11) is 0. The molecule has 0 saturated carbocycles. The summed E-state index contributed by atoms with van der Waals surface area (Å²) in [5.41, 5.74) is 0. The summed E-state index contributed by atoms with van der Waals surface area (Å²) in [5, 5.41) is 11.6. The number of nitrogens with zero attached hydrogens (tertiary/aromatic N) is 1. The Morgan fingerprint density at radius 1 is 1.44 bits per heavy atom.